The first-order valence-corrected chi connectivity index (χ1v) is 7.66. The molecule has 0 spiro atoms. The van der Waals surface area contributed by atoms with Gasteiger partial charge < -0.3 is 13.8 Å². The fourth-order valence-electron chi connectivity index (χ4n) is 1.39. The minimum absolute atomic E-state index is 0.153. The Balaban J connectivity index is 5.72. The van der Waals surface area contributed by atoms with E-state index in [1.54, 1.807) is 0 Å². The van der Waals surface area contributed by atoms with E-state index in [2.05, 4.69) is 4.74 Å². The van der Waals surface area contributed by atoms with E-state index in [-0.39, 0.29) is 26.2 Å². The van der Waals surface area contributed by atoms with Gasteiger partial charge >= 0.3 is 19.0 Å². The molecule has 8 heteroatoms. The van der Waals surface area contributed by atoms with Gasteiger partial charge in [0.25, 0.3) is 0 Å². The molecule has 0 aliphatic rings. The van der Waals surface area contributed by atoms with E-state index in [1.807, 2.05) is 0 Å². The van der Waals surface area contributed by atoms with Crippen molar-refractivity contribution in [2.24, 2.45) is 0 Å². The van der Waals surface area contributed by atoms with E-state index in [0.717, 1.165) is 0 Å². The fraction of sp³-hybridized carbons (Fsp3) is 0.818. The van der Waals surface area contributed by atoms with Crippen molar-refractivity contribution in [3.05, 3.63) is 0 Å². The Morgan fingerprint density at radius 3 is 1.84 bits per heavy atom. The average molecular weight is 298 g/mol. The van der Waals surface area contributed by atoms with Crippen LogP contribution in [0, 0.1) is 0 Å². The van der Waals surface area contributed by atoms with Crippen LogP contribution in [0.5, 0.6) is 0 Å². The van der Waals surface area contributed by atoms with Gasteiger partial charge in [0.1, 0.15) is 0 Å². The number of rotatable bonds is 9. The van der Waals surface area contributed by atoms with Gasteiger partial charge in [0.15, 0.2) is 5.78 Å². The third-order valence-corrected chi connectivity index (χ3v) is 4.59. The molecular weight excluding hydrogens is 278 g/mol. The lowest BCUT2D eigenvalue weighted by molar-refractivity contribution is -0.157. The molecule has 0 aliphatic heterocycles. The summed E-state index contributed by atoms with van der Waals surface area (Å²) in [6.45, 7) is 5.21. The zero-order valence-electron chi connectivity index (χ0n) is 11.6. The van der Waals surface area contributed by atoms with Crippen LogP contribution >= 0.6 is 7.60 Å². The Morgan fingerprint density at radius 2 is 1.53 bits per heavy atom. The fourth-order valence-corrected chi connectivity index (χ4v) is 3.26. The highest BCUT2D eigenvalue weighted by Crippen LogP contribution is 2.62. The third kappa shape index (κ3) is 3.61. The van der Waals surface area contributed by atoms with E-state index in [0.29, 0.717) is 0 Å². The molecular formula is C11H20FO6P. The molecule has 0 aromatic heterocycles. The van der Waals surface area contributed by atoms with Gasteiger partial charge in [-0.1, -0.05) is 6.92 Å². The molecule has 0 heterocycles. The molecule has 0 rings (SSSR count). The summed E-state index contributed by atoms with van der Waals surface area (Å²) in [7, 11) is -4.59. The summed E-state index contributed by atoms with van der Waals surface area (Å²) >= 11 is 0. The molecule has 0 radical (unpaired) electrons. The Kier molecular flexibility index (Phi) is 7.41. The van der Waals surface area contributed by atoms with Crippen molar-refractivity contribution in [2.75, 3.05) is 19.8 Å². The predicted molar refractivity (Wildman–Crippen MR) is 66.6 cm³/mol. The molecule has 19 heavy (non-hydrogen) atoms. The average Bonchev–Trinajstić information content (AvgIpc) is 2.37. The van der Waals surface area contributed by atoms with Gasteiger partial charge in [-0.2, -0.15) is 0 Å². The van der Waals surface area contributed by atoms with Crippen molar-refractivity contribution in [1.82, 2.24) is 0 Å². The van der Waals surface area contributed by atoms with Gasteiger partial charge in [0.2, 0.25) is 0 Å². The molecule has 1 atom stereocenters. The first-order valence-electron chi connectivity index (χ1n) is 6.12. The largest absolute Gasteiger partial charge is 0.463 e. The maximum Gasteiger partial charge on any atom is 0.387 e. The second kappa shape index (κ2) is 7.72. The lowest BCUT2D eigenvalue weighted by Gasteiger charge is -2.28. The second-order valence-corrected chi connectivity index (χ2v) is 5.58. The smallest absolute Gasteiger partial charge is 0.387 e. The van der Waals surface area contributed by atoms with Crippen molar-refractivity contribution in [2.45, 2.75) is 39.5 Å². The SMILES string of the molecule is CCOC(=O)C(F)(C(=O)CC)P(=O)(OCC)OCC. The number of esters is 1. The van der Waals surface area contributed by atoms with Gasteiger partial charge in [-0.25, -0.2) is 9.18 Å². The summed E-state index contributed by atoms with van der Waals surface area (Å²) < 4.78 is 41.3. The highest BCUT2D eigenvalue weighted by atomic mass is 31.2. The number of carbonyl (C=O) groups excluding carboxylic acids is 2. The summed E-state index contributed by atoms with van der Waals surface area (Å²) in [4.78, 5) is 23.4. The molecule has 1 unspecified atom stereocenters. The first kappa shape index (κ1) is 18.2. The van der Waals surface area contributed by atoms with Gasteiger partial charge in [-0.3, -0.25) is 9.36 Å². The van der Waals surface area contributed by atoms with E-state index in [1.165, 1.54) is 27.7 Å². The maximum atomic E-state index is 14.9. The molecule has 0 aliphatic carbocycles. The standard InChI is InChI=1S/C11H20FO6P/c1-5-9(13)11(12,10(14)16-6-2)19(15,17-7-3)18-8-4/h5-8H2,1-4H3. The summed E-state index contributed by atoms with van der Waals surface area (Å²) in [5.41, 5.74) is 0. The maximum absolute atomic E-state index is 14.9. The van der Waals surface area contributed by atoms with Crippen LogP contribution in [0.15, 0.2) is 0 Å². The first-order chi connectivity index (χ1) is 8.83. The topological polar surface area (TPSA) is 78.9 Å². The van der Waals surface area contributed by atoms with E-state index < -0.39 is 24.8 Å². The molecule has 112 valence electrons. The zero-order chi connectivity index (χ0) is 15.1. The van der Waals surface area contributed by atoms with Crippen LogP contribution in [0.3, 0.4) is 0 Å². The van der Waals surface area contributed by atoms with Crippen LogP contribution in [-0.4, -0.2) is 37.0 Å². The Morgan fingerprint density at radius 1 is 1.05 bits per heavy atom. The van der Waals surface area contributed by atoms with Crippen LogP contribution in [0.1, 0.15) is 34.1 Å². The molecule has 0 saturated carbocycles. The molecule has 0 bridgehead atoms. The Hall–Kier alpha value is -0.780. The summed E-state index contributed by atoms with van der Waals surface area (Å²) in [5, 5.41) is -3.41. The number of halogens is 1. The number of carbonyl (C=O) groups is 2. The van der Waals surface area contributed by atoms with Crippen LogP contribution in [0.4, 0.5) is 4.39 Å². The molecule has 0 saturated heterocycles. The summed E-state index contributed by atoms with van der Waals surface area (Å²) in [6, 6.07) is 0. The minimum Gasteiger partial charge on any atom is -0.463 e. The number of hydrogen-bond acceptors (Lipinski definition) is 6. The summed E-state index contributed by atoms with van der Waals surface area (Å²) in [6.07, 6.45) is -0.334. The number of alkyl halides is 1. The van der Waals surface area contributed by atoms with E-state index in [4.69, 9.17) is 9.05 Å². The van der Waals surface area contributed by atoms with Crippen molar-refractivity contribution in [3.63, 3.8) is 0 Å². The van der Waals surface area contributed by atoms with Crippen molar-refractivity contribution in [3.8, 4) is 0 Å². The second-order valence-electron chi connectivity index (χ2n) is 3.45. The quantitative estimate of drug-likeness (QED) is 0.369. The highest BCUT2D eigenvalue weighted by Gasteiger charge is 2.64. The van der Waals surface area contributed by atoms with Crippen molar-refractivity contribution in [1.29, 1.82) is 0 Å². The van der Waals surface area contributed by atoms with Gasteiger partial charge in [-0.15, -0.1) is 0 Å². The molecule has 0 N–H and O–H groups in total. The van der Waals surface area contributed by atoms with Crippen molar-refractivity contribution < 1.29 is 32.3 Å². The molecule has 0 aromatic rings. The van der Waals surface area contributed by atoms with E-state index >= 15 is 0 Å². The van der Waals surface area contributed by atoms with Crippen LogP contribution in [-0.2, 0) is 27.9 Å². The lowest BCUT2D eigenvalue weighted by Crippen LogP contribution is -2.44. The number of ketones is 1. The number of ether oxygens (including phenoxy) is 1. The normalized spacial score (nSPS) is 14.8. The highest BCUT2D eigenvalue weighted by molar-refractivity contribution is 7.57. The third-order valence-electron chi connectivity index (χ3n) is 2.21. The Bertz CT molecular complexity index is 362. The van der Waals surface area contributed by atoms with Crippen LogP contribution < -0.4 is 0 Å². The molecule has 6 nitrogen and oxygen atoms in total. The number of hydrogen-bond donors (Lipinski definition) is 0. The van der Waals surface area contributed by atoms with Gasteiger partial charge in [-0.05, 0) is 20.8 Å². The van der Waals surface area contributed by atoms with Crippen LogP contribution in [0.25, 0.3) is 0 Å². The zero-order valence-corrected chi connectivity index (χ0v) is 12.5. The molecule has 0 amide bonds. The number of Topliss-reactive ketones (excluding diaryl/α,β-unsaturated/α-hetero) is 1. The Labute approximate surface area is 112 Å². The van der Waals surface area contributed by atoms with Gasteiger partial charge in [0.05, 0.1) is 19.8 Å². The summed E-state index contributed by atoms with van der Waals surface area (Å²) in [5.74, 6) is -2.72. The lowest BCUT2D eigenvalue weighted by atomic mass is 10.2. The van der Waals surface area contributed by atoms with Crippen LogP contribution in [0.2, 0.25) is 0 Å². The predicted octanol–water partition coefficient (Wildman–Crippen LogP) is 2.46. The minimum atomic E-state index is -4.59. The molecule has 0 fully saturated rings. The van der Waals surface area contributed by atoms with E-state index in [9.17, 15) is 18.5 Å². The monoisotopic (exact) mass is 298 g/mol. The van der Waals surface area contributed by atoms with Crippen molar-refractivity contribution >= 4 is 19.3 Å². The van der Waals surface area contributed by atoms with Gasteiger partial charge in [0, 0.05) is 6.42 Å². The molecule has 0 aromatic carbocycles.